The molecule has 2 atom stereocenters. The Bertz CT molecular complexity index is 743. The number of nitrogens with zero attached hydrogens (tertiary/aromatic N) is 2. The molecule has 0 N–H and O–H groups in total. The van der Waals surface area contributed by atoms with Gasteiger partial charge in [-0.2, -0.15) is 0 Å². The van der Waals surface area contributed by atoms with Gasteiger partial charge in [0, 0.05) is 32.1 Å². The van der Waals surface area contributed by atoms with E-state index in [1.165, 1.54) is 16.7 Å². The van der Waals surface area contributed by atoms with Crippen LogP contribution in [-0.2, 0) is 17.6 Å². The Morgan fingerprint density at radius 1 is 1.04 bits per heavy atom. The maximum atomic E-state index is 13.0. The molecule has 2 aliphatic heterocycles. The van der Waals surface area contributed by atoms with Crippen LogP contribution in [0.2, 0.25) is 0 Å². The van der Waals surface area contributed by atoms with Gasteiger partial charge in [0.2, 0.25) is 5.91 Å². The number of rotatable bonds is 3. The van der Waals surface area contributed by atoms with E-state index in [-0.39, 0.29) is 5.92 Å². The molecule has 4 rings (SSSR count). The number of amides is 1. The van der Waals surface area contributed by atoms with E-state index < -0.39 is 0 Å². The van der Waals surface area contributed by atoms with E-state index in [1.807, 2.05) is 18.2 Å². The number of piperazine rings is 1. The molecule has 1 fully saturated rings. The van der Waals surface area contributed by atoms with E-state index in [4.69, 9.17) is 0 Å². The molecule has 0 radical (unpaired) electrons. The highest BCUT2D eigenvalue weighted by atomic mass is 16.2. The molecule has 1 amide bonds. The minimum absolute atomic E-state index is 0.0350. The minimum atomic E-state index is 0.0350. The fourth-order valence-corrected chi connectivity index (χ4v) is 4.30. The van der Waals surface area contributed by atoms with Gasteiger partial charge in [-0.3, -0.25) is 9.69 Å². The molecule has 0 bridgehead atoms. The van der Waals surface area contributed by atoms with Gasteiger partial charge < -0.3 is 4.90 Å². The van der Waals surface area contributed by atoms with Crippen LogP contribution >= 0.6 is 0 Å². The van der Waals surface area contributed by atoms with Crippen LogP contribution in [0, 0.1) is 5.92 Å². The number of fused-ring (bicyclic) bond motifs is 3. The largest absolute Gasteiger partial charge is 0.339 e. The van der Waals surface area contributed by atoms with Crippen molar-refractivity contribution in [3.63, 3.8) is 0 Å². The first-order valence-corrected chi connectivity index (χ1v) is 9.37. The summed E-state index contributed by atoms with van der Waals surface area (Å²) in [6, 6.07) is 19.4. The minimum Gasteiger partial charge on any atom is -0.339 e. The molecule has 25 heavy (non-hydrogen) atoms. The van der Waals surface area contributed by atoms with E-state index in [1.54, 1.807) is 0 Å². The van der Waals surface area contributed by atoms with Crippen molar-refractivity contribution in [3.05, 3.63) is 71.3 Å². The van der Waals surface area contributed by atoms with Gasteiger partial charge in [-0.05, 0) is 29.5 Å². The summed E-state index contributed by atoms with van der Waals surface area (Å²) in [7, 11) is 0. The molecule has 1 saturated heterocycles. The van der Waals surface area contributed by atoms with Crippen molar-refractivity contribution in [3.8, 4) is 0 Å². The fourth-order valence-electron chi connectivity index (χ4n) is 4.30. The molecular formula is C22H26N2O. The van der Waals surface area contributed by atoms with Gasteiger partial charge in [0.15, 0.2) is 0 Å². The molecule has 2 unspecified atom stereocenters. The number of benzene rings is 2. The van der Waals surface area contributed by atoms with Crippen molar-refractivity contribution in [1.82, 2.24) is 9.80 Å². The highest BCUT2D eigenvalue weighted by Gasteiger charge is 2.35. The average molecular weight is 334 g/mol. The number of carbonyl (C=O) groups is 1. The summed E-state index contributed by atoms with van der Waals surface area (Å²) < 4.78 is 0. The topological polar surface area (TPSA) is 23.6 Å². The lowest BCUT2D eigenvalue weighted by Gasteiger charge is -2.45. The Labute approximate surface area is 150 Å². The lowest BCUT2D eigenvalue weighted by molar-refractivity contribution is -0.138. The number of hydrogen-bond donors (Lipinski definition) is 0. The predicted molar refractivity (Wildman–Crippen MR) is 100 cm³/mol. The van der Waals surface area contributed by atoms with E-state index >= 15 is 0 Å². The van der Waals surface area contributed by atoms with E-state index in [0.29, 0.717) is 11.9 Å². The van der Waals surface area contributed by atoms with Gasteiger partial charge in [-0.25, -0.2) is 0 Å². The summed E-state index contributed by atoms with van der Waals surface area (Å²) in [6.07, 6.45) is 1.95. The van der Waals surface area contributed by atoms with Crippen LogP contribution < -0.4 is 0 Å². The SMILES string of the molecule is CC(Cc1ccccc1)C(=O)N1CCN2CCc3ccccc3C2C1. The highest BCUT2D eigenvalue weighted by molar-refractivity contribution is 5.79. The zero-order chi connectivity index (χ0) is 17.2. The van der Waals surface area contributed by atoms with Crippen LogP contribution in [0.15, 0.2) is 54.6 Å². The highest BCUT2D eigenvalue weighted by Crippen LogP contribution is 2.32. The van der Waals surface area contributed by atoms with E-state index in [9.17, 15) is 4.79 Å². The van der Waals surface area contributed by atoms with Gasteiger partial charge in [-0.15, -0.1) is 0 Å². The summed E-state index contributed by atoms with van der Waals surface area (Å²) >= 11 is 0. The van der Waals surface area contributed by atoms with Crippen molar-refractivity contribution in [2.24, 2.45) is 5.92 Å². The van der Waals surface area contributed by atoms with Gasteiger partial charge in [-0.1, -0.05) is 61.5 Å². The summed E-state index contributed by atoms with van der Waals surface area (Å²) in [5.74, 6) is 0.333. The molecule has 0 aliphatic carbocycles. The fraction of sp³-hybridized carbons (Fsp3) is 0.409. The molecule has 2 aromatic rings. The third-order valence-electron chi connectivity index (χ3n) is 5.69. The lowest BCUT2D eigenvalue weighted by atomic mass is 9.90. The third kappa shape index (κ3) is 3.34. The quantitative estimate of drug-likeness (QED) is 0.860. The second kappa shape index (κ2) is 7.01. The van der Waals surface area contributed by atoms with Crippen LogP contribution in [0.4, 0.5) is 0 Å². The molecular weight excluding hydrogens is 308 g/mol. The molecule has 2 aromatic carbocycles. The van der Waals surface area contributed by atoms with E-state index in [2.05, 4.69) is 53.1 Å². The molecule has 0 aromatic heterocycles. The number of carbonyl (C=O) groups excluding carboxylic acids is 1. The van der Waals surface area contributed by atoms with Crippen LogP contribution in [-0.4, -0.2) is 41.9 Å². The summed E-state index contributed by atoms with van der Waals surface area (Å²) in [5, 5.41) is 0. The number of hydrogen-bond acceptors (Lipinski definition) is 2. The second-order valence-corrected chi connectivity index (χ2v) is 7.38. The standard InChI is InChI=1S/C22H26N2O/c1-17(15-18-7-3-2-4-8-18)22(25)24-14-13-23-12-11-19-9-5-6-10-20(19)21(23)16-24/h2-10,17,21H,11-16H2,1H3. The first kappa shape index (κ1) is 16.3. The Hall–Kier alpha value is -2.13. The molecule has 2 heterocycles. The van der Waals surface area contributed by atoms with Crippen LogP contribution in [0.3, 0.4) is 0 Å². The Balaban J connectivity index is 1.46. The van der Waals surface area contributed by atoms with Gasteiger partial charge in [0.1, 0.15) is 0 Å². The third-order valence-corrected chi connectivity index (χ3v) is 5.69. The second-order valence-electron chi connectivity index (χ2n) is 7.38. The van der Waals surface area contributed by atoms with Crippen LogP contribution in [0.1, 0.15) is 29.7 Å². The first-order chi connectivity index (χ1) is 12.2. The molecule has 3 nitrogen and oxygen atoms in total. The van der Waals surface area contributed by atoms with Gasteiger partial charge >= 0.3 is 0 Å². The lowest BCUT2D eigenvalue weighted by Crippen LogP contribution is -2.53. The zero-order valence-electron chi connectivity index (χ0n) is 14.9. The predicted octanol–water partition coefficient (Wildman–Crippen LogP) is 3.31. The van der Waals surface area contributed by atoms with Crippen molar-refractivity contribution in [2.45, 2.75) is 25.8 Å². The molecule has 3 heteroatoms. The van der Waals surface area contributed by atoms with E-state index in [0.717, 1.165) is 39.0 Å². The molecule has 130 valence electrons. The Kier molecular flexibility index (Phi) is 4.58. The summed E-state index contributed by atoms with van der Waals surface area (Å²) in [4.78, 5) is 17.6. The van der Waals surface area contributed by atoms with Crippen LogP contribution in [0.25, 0.3) is 0 Å². The Morgan fingerprint density at radius 2 is 1.80 bits per heavy atom. The molecule has 0 saturated carbocycles. The van der Waals surface area contributed by atoms with Crippen LogP contribution in [0.5, 0.6) is 0 Å². The van der Waals surface area contributed by atoms with Gasteiger partial charge in [0.25, 0.3) is 0 Å². The summed E-state index contributed by atoms with van der Waals surface area (Å²) in [5.41, 5.74) is 4.11. The maximum Gasteiger partial charge on any atom is 0.225 e. The zero-order valence-corrected chi connectivity index (χ0v) is 14.9. The smallest absolute Gasteiger partial charge is 0.225 e. The average Bonchev–Trinajstić information content (AvgIpc) is 2.67. The van der Waals surface area contributed by atoms with Crippen molar-refractivity contribution < 1.29 is 4.79 Å². The van der Waals surface area contributed by atoms with Crippen molar-refractivity contribution in [2.75, 3.05) is 26.2 Å². The first-order valence-electron chi connectivity index (χ1n) is 9.37. The molecule has 0 spiro atoms. The Morgan fingerprint density at radius 3 is 2.64 bits per heavy atom. The van der Waals surface area contributed by atoms with Gasteiger partial charge in [0.05, 0.1) is 6.04 Å². The molecule has 2 aliphatic rings. The maximum absolute atomic E-state index is 13.0. The normalized spacial score (nSPS) is 21.3. The monoisotopic (exact) mass is 334 g/mol. The van der Waals surface area contributed by atoms with Crippen molar-refractivity contribution >= 4 is 5.91 Å². The van der Waals surface area contributed by atoms with Crippen molar-refractivity contribution in [1.29, 1.82) is 0 Å². The summed E-state index contributed by atoms with van der Waals surface area (Å²) in [6.45, 7) is 5.86.